The normalized spacial score (nSPS) is 21.3. The number of nitrogens with one attached hydrogen (secondary N) is 7. The second-order valence-electron chi connectivity index (χ2n) is 24.8. The first-order chi connectivity index (χ1) is 38.0. The van der Waals surface area contributed by atoms with Crippen molar-refractivity contribution in [2.24, 2.45) is 10.8 Å². The third-order valence-corrected chi connectivity index (χ3v) is 17.0. The van der Waals surface area contributed by atoms with Crippen molar-refractivity contribution in [2.75, 3.05) is 20.6 Å². The quantitative estimate of drug-likeness (QED) is 0.0652. The van der Waals surface area contributed by atoms with Crippen molar-refractivity contribution in [1.29, 1.82) is 0 Å². The number of aryl methyl sites for hydroxylation is 4. The highest BCUT2D eigenvalue weighted by Gasteiger charge is 2.47. The van der Waals surface area contributed by atoms with Crippen LogP contribution in [-0.4, -0.2) is 114 Å². The van der Waals surface area contributed by atoms with Crippen LogP contribution in [0, 0.1) is 10.8 Å². The summed E-state index contributed by atoms with van der Waals surface area (Å²) in [4.78, 5) is 102. The highest BCUT2D eigenvalue weighted by atomic mass is 16.2. The number of nitrogens with zero attached hydrogens (tertiary/aromatic N) is 2. The molecule has 0 aromatic heterocycles. The molecule has 80 heavy (non-hydrogen) atoms. The molecule has 7 N–H and O–H groups in total. The molecule has 4 aliphatic rings. The molecule has 16 nitrogen and oxygen atoms in total. The Labute approximate surface area is 473 Å². The number of hydrogen-bond donors (Lipinski definition) is 7. The maximum atomic E-state index is 14.9. The molecule has 9 atom stereocenters. The van der Waals surface area contributed by atoms with Gasteiger partial charge in [0.25, 0.3) is 5.91 Å². The van der Waals surface area contributed by atoms with Gasteiger partial charge in [0.1, 0.15) is 24.2 Å². The average molecular weight is 1090 g/mol. The van der Waals surface area contributed by atoms with Crippen molar-refractivity contribution >= 4 is 41.4 Å². The fourth-order valence-electron chi connectivity index (χ4n) is 11.8. The molecule has 0 spiro atoms. The van der Waals surface area contributed by atoms with E-state index in [9.17, 15) is 33.6 Å². The first-order valence-corrected chi connectivity index (χ1v) is 28.9. The third kappa shape index (κ3) is 13.8. The van der Waals surface area contributed by atoms with Crippen LogP contribution in [-0.2, 0) is 67.4 Å². The Hall–Kier alpha value is -6.91. The number of amides is 7. The van der Waals surface area contributed by atoms with E-state index in [0.29, 0.717) is 24.8 Å². The van der Waals surface area contributed by atoms with Crippen molar-refractivity contribution in [1.82, 2.24) is 47.0 Å². The Morgan fingerprint density at radius 2 is 1.05 bits per heavy atom. The van der Waals surface area contributed by atoms with Gasteiger partial charge in [0, 0.05) is 31.1 Å². The van der Waals surface area contributed by atoms with Crippen molar-refractivity contribution in [3.63, 3.8) is 0 Å². The van der Waals surface area contributed by atoms with Crippen LogP contribution in [0.2, 0.25) is 0 Å². The van der Waals surface area contributed by atoms with E-state index in [1.165, 1.54) is 16.0 Å². The summed E-state index contributed by atoms with van der Waals surface area (Å²) in [5.41, 5.74) is 7.71. The third-order valence-electron chi connectivity index (χ3n) is 17.0. The van der Waals surface area contributed by atoms with Gasteiger partial charge < -0.3 is 47.0 Å². The van der Waals surface area contributed by atoms with Gasteiger partial charge in [-0.2, -0.15) is 0 Å². The topological polar surface area (TPSA) is 210 Å². The SMILES string of the molecule is CNC(C)C(=O)NC(C(=O)N1Cc2cc(CCc3ccc(C(=O)N[C@H]4C[C@@H](C(=O)N[C@@H]5CCCc6ccccc65)N(C(=O)C(NC(=O)C(C)NC)C(C)(C)C)C4)cc3)ccc2CC1C(=O)N[C@@H]1CCCc2ccccc21)C(C)(C)C. The minimum Gasteiger partial charge on any atom is -0.347 e. The van der Waals surface area contributed by atoms with E-state index in [2.05, 4.69) is 73.6 Å². The summed E-state index contributed by atoms with van der Waals surface area (Å²) in [6.07, 6.45) is 7.21. The molecule has 0 saturated carbocycles. The van der Waals surface area contributed by atoms with E-state index in [4.69, 9.17) is 0 Å². The Balaban J connectivity index is 0.955. The summed E-state index contributed by atoms with van der Waals surface area (Å²) in [6, 6.07) is 24.5. The fourth-order valence-corrected chi connectivity index (χ4v) is 11.8. The van der Waals surface area contributed by atoms with Crippen molar-refractivity contribution in [2.45, 2.75) is 181 Å². The summed E-state index contributed by atoms with van der Waals surface area (Å²) >= 11 is 0. The Morgan fingerprint density at radius 1 is 0.562 bits per heavy atom. The molecule has 5 unspecified atom stereocenters. The number of hydrogen-bond acceptors (Lipinski definition) is 9. The molecule has 1 saturated heterocycles. The largest absolute Gasteiger partial charge is 0.347 e. The van der Waals surface area contributed by atoms with Crippen LogP contribution in [0.1, 0.15) is 154 Å². The highest BCUT2D eigenvalue weighted by molar-refractivity contribution is 5.97. The molecular formula is C64H85N9O7. The standard InChI is InChI=1S/C64H85N9O7/c1-38(65-9)56(74)70-54(63(3,4)5)61(79)72-36-46-33-41(29-32-45(46)34-52(72)59(77)68-50-23-15-19-42-17-11-13-21-48(42)50)26-25-40-27-30-44(31-28-40)58(76)67-47-35-53(60(78)69-51-24-16-20-43-18-12-14-22-49(43)51)73(37-47)62(80)55(64(6,7)8)71-57(75)39(2)66-10/h11-14,17-18,21-22,27-33,38-39,47,50-55,65-66H,15-16,19-20,23-26,34-37H2,1-10H3,(H,67,76)(H,68,77)(H,69,78)(H,70,74)(H,71,75)/t38?,39?,47-,50+,51+,52?,53-,54?,55?/m0/s1. The molecule has 4 aromatic rings. The van der Waals surface area contributed by atoms with E-state index < -0.39 is 53.1 Å². The maximum Gasteiger partial charge on any atom is 0.251 e. The van der Waals surface area contributed by atoms with Crippen molar-refractivity contribution in [3.8, 4) is 0 Å². The molecule has 16 heteroatoms. The minimum absolute atomic E-state index is 0.0890. The van der Waals surface area contributed by atoms with Gasteiger partial charge in [-0.05, 0) is 153 Å². The van der Waals surface area contributed by atoms with Gasteiger partial charge in [0.15, 0.2) is 0 Å². The van der Waals surface area contributed by atoms with E-state index >= 15 is 0 Å². The highest BCUT2D eigenvalue weighted by Crippen LogP contribution is 2.35. The van der Waals surface area contributed by atoms with Crippen LogP contribution in [0.4, 0.5) is 0 Å². The molecule has 2 aliphatic carbocycles. The van der Waals surface area contributed by atoms with Crippen molar-refractivity contribution in [3.05, 3.63) is 141 Å². The number of likely N-dealkylation sites (tertiary alicyclic amines) is 1. The number of benzene rings is 4. The van der Waals surface area contributed by atoms with Crippen LogP contribution in [0.15, 0.2) is 91.0 Å². The van der Waals surface area contributed by atoms with Gasteiger partial charge in [-0.25, -0.2) is 0 Å². The molecule has 428 valence electrons. The lowest BCUT2D eigenvalue weighted by Gasteiger charge is -2.42. The predicted octanol–water partition coefficient (Wildman–Crippen LogP) is 6.09. The Bertz CT molecular complexity index is 2930. The fraction of sp³-hybridized carbons (Fsp3) is 0.516. The van der Waals surface area contributed by atoms with Gasteiger partial charge in [0.05, 0.1) is 24.2 Å². The number of rotatable bonds is 17. The zero-order chi connectivity index (χ0) is 57.6. The number of carbonyl (C=O) groups excluding carboxylic acids is 7. The van der Waals surface area contributed by atoms with Crippen LogP contribution < -0.4 is 37.2 Å². The van der Waals surface area contributed by atoms with E-state index in [-0.39, 0.29) is 72.9 Å². The van der Waals surface area contributed by atoms with Gasteiger partial charge in [-0.15, -0.1) is 0 Å². The van der Waals surface area contributed by atoms with Gasteiger partial charge in [0.2, 0.25) is 35.4 Å². The molecule has 1 fully saturated rings. The molecular weight excluding hydrogens is 1010 g/mol. The molecule has 0 radical (unpaired) electrons. The summed E-state index contributed by atoms with van der Waals surface area (Å²) in [5.74, 6) is -2.15. The van der Waals surface area contributed by atoms with E-state index in [0.717, 1.165) is 71.9 Å². The van der Waals surface area contributed by atoms with E-state index in [1.807, 2.05) is 84.0 Å². The number of fused-ring (bicyclic) bond motifs is 3. The zero-order valence-corrected chi connectivity index (χ0v) is 48.6. The first kappa shape index (κ1) is 59.2. The predicted molar refractivity (Wildman–Crippen MR) is 310 cm³/mol. The monoisotopic (exact) mass is 1090 g/mol. The molecule has 4 aromatic carbocycles. The number of carbonyl (C=O) groups is 7. The summed E-state index contributed by atoms with van der Waals surface area (Å²) in [5, 5.41) is 21.6. The first-order valence-electron chi connectivity index (χ1n) is 28.9. The van der Waals surface area contributed by atoms with Crippen LogP contribution in [0.5, 0.6) is 0 Å². The second-order valence-corrected chi connectivity index (χ2v) is 24.8. The van der Waals surface area contributed by atoms with Crippen LogP contribution >= 0.6 is 0 Å². The smallest absolute Gasteiger partial charge is 0.251 e. The number of likely N-dealkylation sites (N-methyl/N-ethyl adjacent to an activating group) is 2. The molecule has 0 bridgehead atoms. The molecule has 7 amide bonds. The molecule has 2 aliphatic heterocycles. The summed E-state index contributed by atoms with van der Waals surface area (Å²) < 4.78 is 0. The van der Waals surface area contributed by atoms with Gasteiger partial charge >= 0.3 is 0 Å². The lowest BCUT2D eigenvalue weighted by atomic mass is 9.83. The zero-order valence-electron chi connectivity index (χ0n) is 48.6. The molecule has 8 rings (SSSR count). The lowest BCUT2D eigenvalue weighted by molar-refractivity contribution is -0.147. The average Bonchev–Trinajstić information content (AvgIpc) is 3.88. The summed E-state index contributed by atoms with van der Waals surface area (Å²) in [6.45, 7) is 15.2. The summed E-state index contributed by atoms with van der Waals surface area (Å²) in [7, 11) is 3.38. The van der Waals surface area contributed by atoms with Gasteiger partial charge in [-0.1, -0.05) is 120 Å². The maximum absolute atomic E-state index is 14.9. The van der Waals surface area contributed by atoms with Crippen LogP contribution in [0.25, 0.3) is 0 Å². The van der Waals surface area contributed by atoms with Crippen molar-refractivity contribution < 1.29 is 33.6 Å². The Kier molecular flexibility index (Phi) is 18.7. The molecule has 2 heterocycles. The minimum atomic E-state index is -0.936. The van der Waals surface area contributed by atoms with Gasteiger partial charge in [-0.3, -0.25) is 33.6 Å². The lowest BCUT2D eigenvalue weighted by Crippen LogP contribution is -2.62. The second kappa shape index (κ2) is 25.3. The van der Waals surface area contributed by atoms with Crippen LogP contribution in [0.3, 0.4) is 0 Å². The Morgan fingerprint density at radius 3 is 1.57 bits per heavy atom. The van der Waals surface area contributed by atoms with E-state index in [1.54, 1.807) is 45.0 Å².